The molecule has 0 saturated heterocycles. The Morgan fingerprint density at radius 2 is 1.80 bits per heavy atom. The molecule has 0 radical (unpaired) electrons. The molecule has 2 heterocycles. The minimum atomic E-state index is -1.05. The van der Waals surface area contributed by atoms with Crippen LogP contribution in [0.3, 0.4) is 0 Å². The highest BCUT2D eigenvalue weighted by atomic mass is 35.5. The third-order valence-electron chi connectivity index (χ3n) is 7.67. The van der Waals surface area contributed by atoms with Crippen LogP contribution in [0.2, 0.25) is 5.02 Å². The molecule has 0 saturated carbocycles. The number of aromatic carboxylic acids is 1. The summed E-state index contributed by atoms with van der Waals surface area (Å²) in [7, 11) is 1.45. The van der Waals surface area contributed by atoms with Crippen molar-refractivity contribution in [3.63, 3.8) is 0 Å². The molecule has 1 atom stereocenters. The lowest BCUT2D eigenvalue weighted by atomic mass is 9.93. The molecule has 4 aromatic carbocycles. The average Bonchev–Trinajstić information content (AvgIpc) is 3.41. The van der Waals surface area contributed by atoms with Crippen molar-refractivity contribution in [2.24, 2.45) is 4.99 Å². The second-order valence-corrected chi connectivity index (χ2v) is 12.2. The van der Waals surface area contributed by atoms with Crippen LogP contribution in [-0.4, -0.2) is 35.3 Å². The van der Waals surface area contributed by atoms with Crippen LogP contribution in [0.1, 0.15) is 45.6 Å². The molecule has 0 fully saturated rings. The number of benzene rings is 4. The number of hydrogen-bond acceptors (Lipinski definition) is 8. The summed E-state index contributed by atoms with van der Waals surface area (Å²) >= 11 is 7.77. The number of halogens is 2. The topological polar surface area (TPSA) is 116 Å². The number of aromatic nitrogens is 1. The van der Waals surface area contributed by atoms with Gasteiger partial charge < -0.3 is 19.3 Å². The Morgan fingerprint density at radius 3 is 2.49 bits per heavy atom. The van der Waals surface area contributed by atoms with Crippen LogP contribution in [0.5, 0.6) is 11.5 Å². The van der Waals surface area contributed by atoms with Gasteiger partial charge in [-0.3, -0.25) is 9.36 Å². The molecule has 0 unspecified atom stereocenters. The lowest BCUT2D eigenvalue weighted by Crippen LogP contribution is -2.40. The number of ether oxygens (including phenoxy) is 3. The maximum Gasteiger partial charge on any atom is 0.338 e. The molecule has 6 rings (SSSR count). The first-order valence-electron chi connectivity index (χ1n) is 15.0. The second kappa shape index (κ2) is 14.3. The minimum absolute atomic E-state index is 0.0328. The number of fused-ring (bicyclic) bond motifs is 1. The summed E-state index contributed by atoms with van der Waals surface area (Å²) in [6.45, 7) is 1.82. The van der Waals surface area contributed by atoms with E-state index in [2.05, 4.69) is 0 Å². The standard InChI is InChI=1S/C37H28ClFN2O7S/c1-3-47-36(45)30-31(23-9-5-4-6-10-23)40-37-41(32(30)24-12-14-26(39)15-13-24)34(42)29(49-37)19-22-17-27(38)33(28(18-22)46-2)48-20-21-8-7-11-25(16-21)35(43)44/h4-19,32H,3,20H2,1-2H3,(H,43,44)/b29-19+/t32-/m1/s1. The molecule has 12 heteroatoms. The van der Waals surface area contributed by atoms with E-state index in [4.69, 9.17) is 30.8 Å². The van der Waals surface area contributed by atoms with Crippen molar-refractivity contribution in [3.05, 3.63) is 155 Å². The SMILES string of the molecule is CCOC(=O)C1=C(c2ccccc2)N=c2s/c(=C/c3cc(Cl)c(OCc4cccc(C(=O)O)c4)c(OC)c3)c(=O)n2[C@@H]1c1ccc(F)cc1. The number of carboxylic acid groups (broad SMARTS) is 1. The Morgan fingerprint density at radius 1 is 1.04 bits per heavy atom. The highest BCUT2D eigenvalue weighted by Gasteiger charge is 2.35. The maximum atomic E-state index is 14.2. The van der Waals surface area contributed by atoms with Gasteiger partial charge in [0, 0.05) is 5.56 Å². The average molecular weight is 699 g/mol. The zero-order chi connectivity index (χ0) is 34.7. The number of methoxy groups -OCH3 is 1. The molecule has 1 aliphatic heterocycles. The summed E-state index contributed by atoms with van der Waals surface area (Å²) in [5.41, 5.74) is 2.50. The van der Waals surface area contributed by atoms with E-state index in [1.807, 2.05) is 30.3 Å². The van der Waals surface area contributed by atoms with Crippen molar-refractivity contribution in [1.29, 1.82) is 0 Å². The Kier molecular flexibility index (Phi) is 9.75. The smallest absolute Gasteiger partial charge is 0.338 e. The van der Waals surface area contributed by atoms with Crippen LogP contribution >= 0.6 is 22.9 Å². The van der Waals surface area contributed by atoms with Gasteiger partial charge in [-0.25, -0.2) is 19.0 Å². The largest absolute Gasteiger partial charge is 0.493 e. The van der Waals surface area contributed by atoms with Crippen molar-refractivity contribution < 1.29 is 33.3 Å². The molecule has 49 heavy (non-hydrogen) atoms. The third-order valence-corrected chi connectivity index (χ3v) is 8.93. The quantitative estimate of drug-likeness (QED) is 0.178. The molecule has 5 aromatic rings. The highest BCUT2D eigenvalue weighted by molar-refractivity contribution is 7.07. The van der Waals surface area contributed by atoms with E-state index in [-0.39, 0.29) is 35.1 Å². The first-order valence-corrected chi connectivity index (χ1v) is 16.2. The molecule has 1 aromatic heterocycles. The number of rotatable bonds is 10. The lowest BCUT2D eigenvalue weighted by Gasteiger charge is -2.25. The Bertz CT molecular complexity index is 2280. The van der Waals surface area contributed by atoms with E-state index < -0.39 is 29.4 Å². The number of carbonyl (C=O) groups is 2. The highest BCUT2D eigenvalue weighted by Crippen LogP contribution is 2.38. The van der Waals surface area contributed by atoms with E-state index in [0.717, 1.165) is 11.3 Å². The first-order chi connectivity index (χ1) is 23.7. The fourth-order valence-corrected chi connectivity index (χ4v) is 6.74. The van der Waals surface area contributed by atoms with Crippen LogP contribution in [0.15, 0.2) is 106 Å². The van der Waals surface area contributed by atoms with Crippen molar-refractivity contribution in [3.8, 4) is 11.5 Å². The molecule has 1 N–H and O–H groups in total. The first kappa shape index (κ1) is 33.4. The summed E-state index contributed by atoms with van der Waals surface area (Å²) in [5, 5.41) is 9.50. The van der Waals surface area contributed by atoms with E-state index in [1.165, 1.54) is 48.1 Å². The van der Waals surface area contributed by atoms with Gasteiger partial charge in [0.1, 0.15) is 12.4 Å². The van der Waals surface area contributed by atoms with Crippen LogP contribution in [-0.2, 0) is 16.1 Å². The van der Waals surface area contributed by atoms with Crippen LogP contribution in [0.4, 0.5) is 4.39 Å². The summed E-state index contributed by atoms with van der Waals surface area (Å²) < 4.78 is 32.7. The van der Waals surface area contributed by atoms with Crippen LogP contribution in [0, 0.1) is 5.82 Å². The predicted molar refractivity (Wildman–Crippen MR) is 183 cm³/mol. The van der Waals surface area contributed by atoms with E-state index >= 15 is 0 Å². The fraction of sp³-hybridized carbons (Fsp3) is 0.135. The molecule has 0 aliphatic carbocycles. The summed E-state index contributed by atoms with van der Waals surface area (Å²) in [4.78, 5) is 44.3. The molecule has 0 bridgehead atoms. The summed E-state index contributed by atoms with van der Waals surface area (Å²) in [5.74, 6) is -1.62. The molecular weight excluding hydrogens is 671 g/mol. The number of nitrogens with zero attached hydrogens (tertiary/aromatic N) is 2. The van der Waals surface area contributed by atoms with Gasteiger partial charge in [-0.1, -0.05) is 77.5 Å². The Labute approximate surface area is 288 Å². The van der Waals surface area contributed by atoms with Gasteiger partial charge in [0.05, 0.1) is 46.1 Å². The summed E-state index contributed by atoms with van der Waals surface area (Å²) in [6, 6.07) is 23.4. The third kappa shape index (κ3) is 6.89. The molecular formula is C37H28ClFN2O7S. The lowest BCUT2D eigenvalue weighted by molar-refractivity contribution is -0.138. The van der Waals surface area contributed by atoms with Crippen LogP contribution in [0.25, 0.3) is 11.8 Å². The molecule has 248 valence electrons. The zero-order valence-corrected chi connectivity index (χ0v) is 27.8. The van der Waals surface area contributed by atoms with Gasteiger partial charge in [-0.05, 0) is 66.1 Å². The monoisotopic (exact) mass is 698 g/mol. The van der Waals surface area contributed by atoms with Gasteiger partial charge in [0.2, 0.25) is 0 Å². The molecule has 0 amide bonds. The molecule has 1 aliphatic rings. The Balaban J connectivity index is 1.46. The maximum absolute atomic E-state index is 14.2. The zero-order valence-electron chi connectivity index (χ0n) is 26.2. The number of carboxylic acids is 1. The predicted octanol–water partition coefficient (Wildman–Crippen LogP) is 6.01. The van der Waals surface area contributed by atoms with Gasteiger partial charge in [-0.2, -0.15) is 0 Å². The minimum Gasteiger partial charge on any atom is -0.493 e. The van der Waals surface area contributed by atoms with Crippen molar-refractivity contribution in [1.82, 2.24) is 4.57 Å². The fourth-order valence-electron chi connectivity index (χ4n) is 5.47. The van der Waals surface area contributed by atoms with Crippen molar-refractivity contribution in [2.45, 2.75) is 19.6 Å². The molecule has 9 nitrogen and oxygen atoms in total. The Hall–Kier alpha value is -5.52. The van der Waals surface area contributed by atoms with E-state index in [1.54, 1.807) is 37.3 Å². The van der Waals surface area contributed by atoms with Crippen molar-refractivity contribution in [2.75, 3.05) is 13.7 Å². The van der Waals surface area contributed by atoms with E-state index in [0.29, 0.717) is 43.0 Å². The van der Waals surface area contributed by atoms with Gasteiger partial charge >= 0.3 is 11.9 Å². The molecule has 0 spiro atoms. The summed E-state index contributed by atoms with van der Waals surface area (Å²) in [6.07, 6.45) is 1.64. The number of carbonyl (C=O) groups excluding carboxylic acids is 1. The van der Waals surface area contributed by atoms with Gasteiger partial charge in [0.25, 0.3) is 5.56 Å². The number of thiazole rings is 1. The number of hydrogen-bond donors (Lipinski definition) is 1. The van der Waals surface area contributed by atoms with Gasteiger partial charge in [-0.15, -0.1) is 0 Å². The van der Waals surface area contributed by atoms with Crippen LogP contribution < -0.4 is 24.4 Å². The second-order valence-electron chi connectivity index (χ2n) is 10.8. The number of esters is 1. The van der Waals surface area contributed by atoms with E-state index in [9.17, 15) is 23.9 Å². The van der Waals surface area contributed by atoms with Gasteiger partial charge in [0.15, 0.2) is 16.3 Å². The van der Waals surface area contributed by atoms with Crippen molar-refractivity contribution >= 4 is 46.6 Å². The normalized spacial score (nSPS) is 14.2.